The minimum absolute atomic E-state index is 0. The van der Waals surface area contributed by atoms with Crippen LogP contribution in [0.2, 0.25) is 0 Å². The quantitative estimate of drug-likeness (QED) is 0.308. The van der Waals surface area contributed by atoms with Gasteiger partial charge in [0.25, 0.3) is 0 Å². The second-order valence-corrected chi connectivity index (χ2v) is 6.54. The van der Waals surface area contributed by atoms with Crippen LogP contribution >= 0.6 is 0 Å². The largest absolute Gasteiger partial charge is 1.00 e. The van der Waals surface area contributed by atoms with Crippen molar-refractivity contribution in [3.8, 4) is 0 Å². The van der Waals surface area contributed by atoms with E-state index >= 15 is 0 Å². The number of hydrogen-bond donors (Lipinski definition) is 1. The third kappa shape index (κ3) is 14.2. The molecule has 0 aromatic rings. The molecule has 0 aliphatic rings. The molecule has 4 nitrogen and oxygen atoms in total. The van der Waals surface area contributed by atoms with E-state index in [4.69, 9.17) is 5.11 Å². The molecule has 0 rings (SSSR count). The van der Waals surface area contributed by atoms with Gasteiger partial charge in [0.05, 0.1) is 10.1 Å². The standard InChI is InChI=1S/C13H28O4S.K/c1-2-3-4-5-6-7-10-13(18(15,16)17)11-8-9-12-14;/h13-14H,2-12H2,1H3,(H,15,16,17);/q;+1/p-1. The van der Waals surface area contributed by atoms with Crippen LogP contribution in [0.4, 0.5) is 0 Å². The van der Waals surface area contributed by atoms with Gasteiger partial charge in [-0.1, -0.05) is 45.4 Å². The monoisotopic (exact) mass is 318 g/mol. The molecule has 0 amide bonds. The van der Waals surface area contributed by atoms with Crippen molar-refractivity contribution in [1.82, 2.24) is 0 Å². The van der Waals surface area contributed by atoms with E-state index in [-0.39, 0.29) is 58.0 Å². The Morgan fingerprint density at radius 3 is 1.89 bits per heavy atom. The van der Waals surface area contributed by atoms with Gasteiger partial charge in [-0.2, -0.15) is 0 Å². The van der Waals surface area contributed by atoms with Gasteiger partial charge in [0.15, 0.2) is 0 Å². The van der Waals surface area contributed by atoms with Crippen molar-refractivity contribution >= 4 is 10.1 Å². The fourth-order valence-corrected chi connectivity index (χ4v) is 2.98. The SMILES string of the molecule is CCCCCCCCC(CCCCO)S(=O)(=O)[O-].[K+]. The van der Waals surface area contributed by atoms with E-state index in [9.17, 15) is 13.0 Å². The molecule has 19 heavy (non-hydrogen) atoms. The van der Waals surface area contributed by atoms with Crippen LogP contribution < -0.4 is 51.4 Å². The van der Waals surface area contributed by atoms with Gasteiger partial charge in [-0.3, -0.25) is 0 Å². The van der Waals surface area contributed by atoms with Crippen LogP contribution in [0.1, 0.15) is 71.1 Å². The van der Waals surface area contributed by atoms with Crippen LogP contribution in [0.3, 0.4) is 0 Å². The fourth-order valence-electron chi connectivity index (χ4n) is 2.07. The zero-order chi connectivity index (χ0) is 13.9. The maximum Gasteiger partial charge on any atom is 1.00 e. The van der Waals surface area contributed by atoms with E-state index in [1.807, 2.05) is 0 Å². The second kappa shape index (κ2) is 14.4. The predicted molar refractivity (Wildman–Crippen MR) is 72.4 cm³/mol. The van der Waals surface area contributed by atoms with Crippen molar-refractivity contribution in [1.29, 1.82) is 0 Å². The summed E-state index contributed by atoms with van der Waals surface area (Å²) in [5, 5.41) is 7.90. The molecular weight excluding hydrogens is 291 g/mol. The normalized spacial score (nSPS) is 13.0. The molecule has 0 saturated heterocycles. The first-order valence-electron chi connectivity index (χ1n) is 7.08. The molecule has 0 aliphatic carbocycles. The molecule has 6 heteroatoms. The number of aliphatic hydroxyl groups is 1. The zero-order valence-electron chi connectivity index (χ0n) is 12.4. The van der Waals surface area contributed by atoms with Crippen LogP contribution in [-0.2, 0) is 10.1 Å². The van der Waals surface area contributed by atoms with E-state index in [1.54, 1.807) is 0 Å². The van der Waals surface area contributed by atoms with Gasteiger partial charge in [-0.05, 0) is 25.7 Å². The van der Waals surface area contributed by atoms with E-state index in [2.05, 4.69) is 6.92 Å². The molecule has 0 aromatic carbocycles. The average molecular weight is 319 g/mol. The number of unbranched alkanes of at least 4 members (excludes halogenated alkanes) is 6. The number of hydrogen-bond acceptors (Lipinski definition) is 4. The first-order chi connectivity index (χ1) is 8.52. The van der Waals surface area contributed by atoms with Gasteiger partial charge in [-0.15, -0.1) is 0 Å². The van der Waals surface area contributed by atoms with Crippen LogP contribution in [0, 0.1) is 0 Å². The van der Waals surface area contributed by atoms with Gasteiger partial charge < -0.3 is 9.66 Å². The van der Waals surface area contributed by atoms with Crippen LogP contribution in [-0.4, -0.2) is 29.9 Å². The molecule has 0 bridgehead atoms. The Morgan fingerprint density at radius 1 is 0.947 bits per heavy atom. The van der Waals surface area contributed by atoms with Crippen LogP contribution in [0.5, 0.6) is 0 Å². The Bertz CT molecular complexity index is 280. The van der Waals surface area contributed by atoms with Gasteiger partial charge in [0.1, 0.15) is 0 Å². The maximum atomic E-state index is 11.1. The summed E-state index contributed by atoms with van der Waals surface area (Å²) in [5.74, 6) is 0. The van der Waals surface area contributed by atoms with Gasteiger partial charge in [-0.25, -0.2) is 8.42 Å². The van der Waals surface area contributed by atoms with E-state index < -0.39 is 15.4 Å². The summed E-state index contributed by atoms with van der Waals surface area (Å²) in [4.78, 5) is 0. The Hall–Kier alpha value is 1.51. The van der Waals surface area contributed by atoms with Gasteiger partial charge in [0, 0.05) is 11.9 Å². The molecule has 0 spiro atoms. The molecule has 110 valence electrons. The Balaban J connectivity index is 0. The van der Waals surface area contributed by atoms with Crippen molar-refractivity contribution in [2.45, 2.75) is 76.4 Å². The molecule has 1 N–H and O–H groups in total. The summed E-state index contributed by atoms with van der Waals surface area (Å²) in [5.41, 5.74) is 0. The van der Waals surface area contributed by atoms with Crippen molar-refractivity contribution < 1.29 is 69.5 Å². The van der Waals surface area contributed by atoms with Crippen molar-refractivity contribution in [2.24, 2.45) is 0 Å². The minimum Gasteiger partial charge on any atom is -0.748 e. The van der Waals surface area contributed by atoms with Crippen molar-refractivity contribution in [3.63, 3.8) is 0 Å². The average Bonchev–Trinajstić information content (AvgIpc) is 2.30. The van der Waals surface area contributed by atoms with E-state index in [0.29, 0.717) is 25.7 Å². The van der Waals surface area contributed by atoms with Crippen molar-refractivity contribution in [3.05, 3.63) is 0 Å². The fraction of sp³-hybridized carbons (Fsp3) is 1.00. The molecule has 1 unspecified atom stereocenters. The van der Waals surface area contributed by atoms with Crippen LogP contribution in [0.15, 0.2) is 0 Å². The van der Waals surface area contributed by atoms with E-state index in [1.165, 1.54) is 19.3 Å². The second-order valence-electron chi connectivity index (χ2n) is 4.89. The third-order valence-electron chi connectivity index (χ3n) is 3.22. The molecule has 0 saturated carbocycles. The smallest absolute Gasteiger partial charge is 0.748 e. The summed E-state index contributed by atoms with van der Waals surface area (Å²) in [7, 11) is -4.17. The summed E-state index contributed by atoms with van der Waals surface area (Å²) in [6.45, 7) is 2.21. The Kier molecular flexibility index (Phi) is 17.3. The molecule has 0 fully saturated rings. The summed E-state index contributed by atoms with van der Waals surface area (Å²) in [6.07, 6.45) is 8.59. The molecule has 1 atom stereocenters. The van der Waals surface area contributed by atoms with Gasteiger partial charge >= 0.3 is 51.4 Å². The molecule has 0 aliphatic heterocycles. The minimum atomic E-state index is -4.17. The zero-order valence-corrected chi connectivity index (χ0v) is 16.4. The summed E-state index contributed by atoms with van der Waals surface area (Å²) in [6, 6.07) is 0. The molecular formula is C13H27KO4S. The first kappa shape index (κ1) is 22.8. The molecule has 0 radical (unpaired) electrons. The number of rotatable bonds is 12. The Labute approximate surface area is 160 Å². The topological polar surface area (TPSA) is 77.4 Å². The first-order valence-corrected chi connectivity index (χ1v) is 8.55. The van der Waals surface area contributed by atoms with Crippen LogP contribution in [0.25, 0.3) is 0 Å². The third-order valence-corrected chi connectivity index (χ3v) is 4.51. The Morgan fingerprint density at radius 2 is 1.42 bits per heavy atom. The van der Waals surface area contributed by atoms with E-state index in [0.717, 1.165) is 19.3 Å². The van der Waals surface area contributed by atoms with Gasteiger partial charge in [0.2, 0.25) is 0 Å². The predicted octanol–water partition coefficient (Wildman–Crippen LogP) is -0.183. The van der Waals surface area contributed by atoms with Crippen molar-refractivity contribution in [2.75, 3.05) is 6.61 Å². The summed E-state index contributed by atoms with van der Waals surface area (Å²) < 4.78 is 33.2. The molecule has 0 aromatic heterocycles. The number of aliphatic hydroxyl groups excluding tert-OH is 1. The maximum absolute atomic E-state index is 11.1. The molecule has 0 heterocycles. The summed E-state index contributed by atoms with van der Waals surface area (Å²) >= 11 is 0.